The second-order valence-electron chi connectivity index (χ2n) is 6.53. The van der Waals surface area contributed by atoms with Crippen LogP contribution >= 0.6 is 0 Å². The number of fused-ring (bicyclic) bond motifs is 1. The first-order chi connectivity index (χ1) is 13.1. The summed E-state index contributed by atoms with van der Waals surface area (Å²) in [5.74, 6) is 0.0132. The van der Waals surface area contributed by atoms with Gasteiger partial charge in [-0.1, -0.05) is 18.2 Å². The maximum atomic E-state index is 12.9. The normalized spacial score (nSPS) is 10.9. The molecule has 0 bridgehead atoms. The lowest BCUT2D eigenvalue weighted by atomic mass is 10.0. The summed E-state index contributed by atoms with van der Waals surface area (Å²) in [5.41, 5.74) is 10.3. The Morgan fingerprint density at radius 3 is 2.70 bits per heavy atom. The highest BCUT2D eigenvalue weighted by Gasteiger charge is 2.14. The molecule has 3 aromatic rings. The fourth-order valence-electron chi connectivity index (χ4n) is 3.18. The molecule has 0 saturated heterocycles. The van der Waals surface area contributed by atoms with E-state index in [-0.39, 0.29) is 12.5 Å². The van der Waals surface area contributed by atoms with Crippen molar-refractivity contribution in [3.63, 3.8) is 0 Å². The molecule has 27 heavy (non-hydrogen) atoms. The van der Waals surface area contributed by atoms with Gasteiger partial charge in [0.1, 0.15) is 0 Å². The summed E-state index contributed by atoms with van der Waals surface area (Å²) < 4.78 is 0. The number of carbonyl (C=O) groups excluding carboxylic acids is 1. The van der Waals surface area contributed by atoms with Crippen molar-refractivity contribution >= 4 is 22.5 Å². The number of hydrogen-bond acceptors (Lipinski definition) is 4. The smallest absolute Gasteiger partial charge is 0.253 e. The first-order valence-electron chi connectivity index (χ1n) is 9.29. The molecule has 0 aliphatic carbocycles. The molecule has 0 saturated carbocycles. The van der Waals surface area contributed by atoms with Crippen LogP contribution in [0, 0.1) is 0 Å². The van der Waals surface area contributed by atoms with Gasteiger partial charge in [-0.2, -0.15) is 0 Å². The molecular weight excluding hydrogens is 338 g/mol. The predicted octanol–water partition coefficient (Wildman–Crippen LogP) is 3.72. The standard InChI is InChI=1S/C22H25N3O2/c1-2-25(12-3-4-13-26)22(27)18-7-5-6-16(14-18)17-8-9-21-19(15-17)20(23)10-11-24-21/h5-11,14-15,26H,2-4,12-13H2,1H3,(H2,23,24). The number of nitrogen functional groups attached to an aromatic ring is 1. The average Bonchev–Trinajstić information content (AvgIpc) is 2.71. The van der Waals surface area contributed by atoms with Crippen LogP contribution in [-0.2, 0) is 0 Å². The van der Waals surface area contributed by atoms with Crippen molar-refractivity contribution in [2.75, 3.05) is 25.4 Å². The van der Waals surface area contributed by atoms with Crippen LogP contribution in [-0.4, -0.2) is 40.6 Å². The number of rotatable bonds is 7. The molecule has 0 aliphatic rings. The van der Waals surface area contributed by atoms with E-state index in [0.717, 1.165) is 28.5 Å². The number of amides is 1. The van der Waals surface area contributed by atoms with Crippen molar-refractivity contribution in [2.45, 2.75) is 19.8 Å². The number of anilines is 1. The quantitative estimate of drug-likeness (QED) is 0.627. The summed E-state index contributed by atoms with van der Waals surface area (Å²) in [6.45, 7) is 3.42. The summed E-state index contributed by atoms with van der Waals surface area (Å²) in [6.07, 6.45) is 3.20. The van der Waals surface area contributed by atoms with Gasteiger partial charge in [0.15, 0.2) is 0 Å². The third kappa shape index (κ3) is 4.26. The minimum Gasteiger partial charge on any atom is -0.398 e. The molecule has 1 aromatic heterocycles. The lowest BCUT2D eigenvalue weighted by Crippen LogP contribution is -2.31. The van der Waals surface area contributed by atoms with Crippen molar-refractivity contribution < 1.29 is 9.90 Å². The van der Waals surface area contributed by atoms with Gasteiger partial charge in [-0.05, 0) is 61.2 Å². The summed E-state index contributed by atoms with van der Waals surface area (Å²) in [6, 6.07) is 15.4. The van der Waals surface area contributed by atoms with Crippen LogP contribution < -0.4 is 5.73 Å². The van der Waals surface area contributed by atoms with Gasteiger partial charge in [-0.25, -0.2) is 0 Å². The molecule has 0 radical (unpaired) electrons. The third-order valence-electron chi connectivity index (χ3n) is 4.72. The lowest BCUT2D eigenvalue weighted by Gasteiger charge is -2.21. The van der Waals surface area contributed by atoms with E-state index in [4.69, 9.17) is 10.8 Å². The Hall–Kier alpha value is -2.92. The zero-order valence-electron chi connectivity index (χ0n) is 15.6. The van der Waals surface area contributed by atoms with E-state index in [2.05, 4.69) is 4.98 Å². The zero-order chi connectivity index (χ0) is 19.2. The van der Waals surface area contributed by atoms with Gasteiger partial charge >= 0.3 is 0 Å². The molecule has 1 heterocycles. The number of aliphatic hydroxyl groups excluding tert-OH is 1. The fourth-order valence-corrected chi connectivity index (χ4v) is 3.18. The van der Waals surface area contributed by atoms with E-state index in [1.165, 1.54) is 0 Å². The monoisotopic (exact) mass is 363 g/mol. The van der Waals surface area contributed by atoms with E-state index >= 15 is 0 Å². The first-order valence-corrected chi connectivity index (χ1v) is 9.29. The summed E-state index contributed by atoms with van der Waals surface area (Å²) in [5, 5.41) is 9.86. The number of nitrogens with two attached hydrogens (primary N) is 1. The molecule has 5 heteroatoms. The topological polar surface area (TPSA) is 79.5 Å². The van der Waals surface area contributed by atoms with Crippen LogP contribution in [0.25, 0.3) is 22.0 Å². The maximum Gasteiger partial charge on any atom is 0.253 e. The van der Waals surface area contributed by atoms with Crippen molar-refractivity contribution in [2.24, 2.45) is 0 Å². The van der Waals surface area contributed by atoms with Gasteiger partial charge in [0.2, 0.25) is 0 Å². The van der Waals surface area contributed by atoms with Gasteiger partial charge in [0.25, 0.3) is 5.91 Å². The molecule has 3 N–H and O–H groups in total. The Bertz CT molecular complexity index is 940. The Kier molecular flexibility index (Phi) is 6.04. The molecule has 0 aliphatic heterocycles. The highest BCUT2D eigenvalue weighted by atomic mass is 16.3. The molecule has 0 fully saturated rings. The number of pyridine rings is 1. The minimum atomic E-state index is 0.0132. The Morgan fingerprint density at radius 2 is 1.93 bits per heavy atom. The van der Waals surface area contributed by atoms with E-state index < -0.39 is 0 Å². The van der Waals surface area contributed by atoms with Crippen LogP contribution in [0.3, 0.4) is 0 Å². The van der Waals surface area contributed by atoms with E-state index in [1.54, 1.807) is 12.3 Å². The van der Waals surface area contributed by atoms with E-state index in [0.29, 0.717) is 30.8 Å². The molecule has 5 nitrogen and oxygen atoms in total. The highest BCUT2D eigenvalue weighted by Crippen LogP contribution is 2.27. The van der Waals surface area contributed by atoms with Gasteiger partial charge in [0, 0.05) is 42.5 Å². The van der Waals surface area contributed by atoms with Crippen LogP contribution in [0.1, 0.15) is 30.1 Å². The number of aliphatic hydroxyl groups is 1. The molecular formula is C22H25N3O2. The fraction of sp³-hybridized carbons (Fsp3) is 0.273. The van der Waals surface area contributed by atoms with Gasteiger partial charge < -0.3 is 15.7 Å². The molecule has 140 valence electrons. The van der Waals surface area contributed by atoms with Gasteiger partial charge in [-0.15, -0.1) is 0 Å². The van der Waals surface area contributed by atoms with E-state index in [1.807, 2.05) is 54.3 Å². The molecule has 0 spiro atoms. The van der Waals surface area contributed by atoms with Gasteiger partial charge in [-0.3, -0.25) is 9.78 Å². The van der Waals surface area contributed by atoms with Crippen LogP contribution in [0.15, 0.2) is 54.7 Å². The van der Waals surface area contributed by atoms with Crippen molar-refractivity contribution in [1.29, 1.82) is 0 Å². The summed E-state index contributed by atoms with van der Waals surface area (Å²) in [4.78, 5) is 19.0. The first kappa shape index (κ1) is 18.9. The van der Waals surface area contributed by atoms with Crippen molar-refractivity contribution in [1.82, 2.24) is 9.88 Å². The summed E-state index contributed by atoms with van der Waals surface area (Å²) >= 11 is 0. The number of hydrogen-bond donors (Lipinski definition) is 2. The molecule has 1 amide bonds. The van der Waals surface area contributed by atoms with Crippen LogP contribution in [0.2, 0.25) is 0 Å². The Balaban J connectivity index is 1.89. The highest BCUT2D eigenvalue weighted by molar-refractivity contribution is 5.97. The third-order valence-corrected chi connectivity index (χ3v) is 4.72. The molecule has 0 atom stereocenters. The number of carbonyl (C=O) groups is 1. The predicted molar refractivity (Wildman–Crippen MR) is 109 cm³/mol. The minimum absolute atomic E-state index is 0.0132. The largest absolute Gasteiger partial charge is 0.398 e. The second-order valence-corrected chi connectivity index (χ2v) is 6.53. The number of unbranched alkanes of at least 4 members (excludes halogenated alkanes) is 1. The SMILES string of the molecule is CCN(CCCCO)C(=O)c1cccc(-c2ccc3nccc(N)c3c2)c1. The van der Waals surface area contributed by atoms with Crippen LogP contribution in [0.5, 0.6) is 0 Å². The van der Waals surface area contributed by atoms with Crippen molar-refractivity contribution in [3.05, 3.63) is 60.3 Å². The summed E-state index contributed by atoms with van der Waals surface area (Å²) in [7, 11) is 0. The van der Waals surface area contributed by atoms with Gasteiger partial charge in [0.05, 0.1) is 5.52 Å². The second kappa shape index (κ2) is 8.64. The molecule has 0 unspecified atom stereocenters. The maximum absolute atomic E-state index is 12.9. The number of nitrogens with zero attached hydrogens (tertiary/aromatic N) is 2. The van der Waals surface area contributed by atoms with Crippen molar-refractivity contribution in [3.8, 4) is 11.1 Å². The number of aromatic nitrogens is 1. The zero-order valence-corrected chi connectivity index (χ0v) is 15.6. The van der Waals surface area contributed by atoms with E-state index in [9.17, 15) is 4.79 Å². The Morgan fingerprint density at radius 1 is 1.11 bits per heavy atom. The lowest BCUT2D eigenvalue weighted by molar-refractivity contribution is 0.0759. The molecule has 2 aromatic carbocycles. The molecule has 3 rings (SSSR count). The average molecular weight is 363 g/mol. The van der Waals surface area contributed by atoms with Crippen LogP contribution in [0.4, 0.5) is 5.69 Å². The Labute approximate surface area is 159 Å². The number of benzene rings is 2.